The van der Waals surface area contributed by atoms with Crippen LogP contribution in [0.4, 0.5) is 4.79 Å². The predicted octanol–water partition coefficient (Wildman–Crippen LogP) is 4.55. The molecule has 7 nitrogen and oxygen atoms in total. The van der Waals surface area contributed by atoms with Gasteiger partial charge in [0.05, 0.1) is 26.9 Å². The molecule has 0 spiro atoms. The first-order valence-electron chi connectivity index (χ1n) is 12.7. The molecule has 0 aromatic heterocycles. The van der Waals surface area contributed by atoms with Crippen LogP contribution in [0.5, 0.6) is 11.5 Å². The largest absolute Gasteiger partial charge is 0.493 e. The highest BCUT2D eigenvalue weighted by Gasteiger charge is 2.48. The normalized spacial score (nSPS) is 21.5. The molecule has 0 radical (unpaired) electrons. The van der Waals surface area contributed by atoms with E-state index in [1.165, 1.54) is 10.5 Å². The number of urea groups is 1. The average Bonchev–Trinajstić information content (AvgIpc) is 3.15. The number of fused-ring (bicyclic) bond motifs is 1. The van der Waals surface area contributed by atoms with Gasteiger partial charge in [-0.3, -0.25) is 9.69 Å². The summed E-state index contributed by atoms with van der Waals surface area (Å²) in [5, 5.41) is 2.97. The minimum atomic E-state index is -0.931. The number of carbonyl (C=O) groups is 2. The van der Waals surface area contributed by atoms with Gasteiger partial charge in [-0.05, 0) is 60.6 Å². The molecular weight excluding hydrogens is 466 g/mol. The van der Waals surface area contributed by atoms with E-state index in [4.69, 9.17) is 9.47 Å². The molecule has 2 aliphatic heterocycles. The summed E-state index contributed by atoms with van der Waals surface area (Å²) in [5.41, 5.74) is 3.57. The smallest absolute Gasteiger partial charge is 0.326 e. The molecule has 0 saturated carbocycles. The zero-order chi connectivity index (χ0) is 26.0. The van der Waals surface area contributed by atoms with Crippen molar-refractivity contribution in [1.82, 2.24) is 15.1 Å². The van der Waals surface area contributed by atoms with E-state index in [0.29, 0.717) is 30.9 Å². The number of nitrogens with one attached hydrogen (secondary N) is 1. The van der Waals surface area contributed by atoms with Crippen LogP contribution in [0, 0.1) is 0 Å². The maximum atomic E-state index is 13.6. The predicted molar refractivity (Wildman–Crippen MR) is 142 cm³/mol. The van der Waals surface area contributed by atoms with E-state index in [2.05, 4.69) is 22.3 Å². The van der Waals surface area contributed by atoms with Crippen LogP contribution in [0.2, 0.25) is 0 Å². The lowest BCUT2D eigenvalue weighted by atomic mass is 9.88. The number of hydrogen-bond acceptors (Lipinski definition) is 5. The molecule has 7 heteroatoms. The second-order valence-corrected chi connectivity index (χ2v) is 9.90. The van der Waals surface area contributed by atoms with Crippen molar-refractivity contribution in [2.24, 2.45) is 0 Å². The zero-order valence-electron chi connectivity index (χ0n) is 21.6. The van der Waals surface area contributed by atoms with E-state index in [0.717, 1.165) is 23.1 Å². The summed E-state index contributed by atoms with van der Waals surface area (Å²) < 4.78 is 11.1. The second kappa shape index (κ2) is 10.3. The first-order chi connectivity index (χ1) is 17.9. The molecule has 0 unspecified atom stereocenters. The van der Waals surface area contributed by atoms with Crippen LogP contribution in [0.15, 0.2) is 72.8 Å². The van der Waals surface area contributed by atoms with Crippen molar-refractivity contribution < 1.29 is 19.1 Å². The molecule has 1 saturated heterocycles. The van der Waals surface area contributed by atoms with Gasteiger partial charge in [0.25, 0.3) is 5.91 Å². The van der Waals surface area contributed by atoms with Crippen LogP contribution in [0.1, 0.15) is 41.6 Å². The second-order valence-electron chi connectivity index (χ2n) is 9.90. The number of methoxy groups -OCH3 is 2. The van der Waals surface area contributed by atoms with Crippen LogP contribution >= 0.6 is 0 Å². The van der Waals surface area contributed by atoms with Gasteiger partial charge in [0.1, 0.15) is 5.54 Å². The molecule has 3 amide bonds. The van der Waals surface area contributed by atoms with Gasteiger partial charge < -0.3 is 14.8 Å². The Kier molecular flexibility index (Phi) is 6.89. The highest BCUT2D eigenvalue weighted by Crippen LogP contribution is 2.41. The molecule has 0 aliphatic carbocycles. The molecule has 37 heavy (non-hydrogen) atoms. The third-order valence-corrected chi connectivity index (χ3v) is 7.51. The summed E-state index contributed by atoms with van der Waals surface area (Å²) in [6.45, 7) is 2.73. The Labute approximate surface area is 218 Å². The standard InChI is InChI=1S/C30H33N3O4/c1-30(16-14-21-10-6-4-7-11-21)28(34)33(29(35)31-30)20-32-17-15-23-18-25(36-2)26(37-3)19-24(23)27(32)22-12-8-5-9-13-22/h4-13,18-19,27H,14-17,20H2,1-3H3,(H,31,35)/t27-,30+/m1/s1. The average molecular weight is 500 g/mol. The molecule has 3 aromatic rings. The molecular formula is C30H33N3O4. The van der Waals surface area contributed by atoms with Gasteiger partial charge in [-0.1, -0.05) is 60.7 Å². The van der Waals surface area contributed by atoms with E-state index < -0.39 is 5.54 Å². The number of carbonyl (C=O) groups excluding carboxylic acids is 2. The topological polar surface area (TPSA) is 71.1 Å². The first-order valence-corrected chi connectivity index (χ1v) is 12.7. The fraction of sp³-hybridized carbons (Fsp3) is 0.333. The number of aryl methyl sites for hydroxylation is 1. The van der Waals surface area contributed by atoms with Crippen LogP contribution in [0.3, 0.4) is 0 Å². The van der Waals surface area contributed by atoms with Gasteiger partial charge in [-0.15, -0.1) is 0 Å². The molecule has 1 fully saturated rings. The Morgan fingerprint density at radius 2 is 1.59 bits per heavy atom. The fourth-order valence-corrected chi connectivity index (χ4v) is 5.44. The SMILES string of the molecule is COc1cc2c(cc1OC)[C@@H](c1ccccc1)N(CN1C(=O)N[C@@](C)(CCc3ccccc3)C1=O)CC2. The summed E-state index contributed by atoms with van der Waals surface area (Å²) in [6, 6.07) is 23.8. The van der Waals surface area contributed by atoms with E-state index in [-0.39, 0.29) is 24.6 Å². The number of ether oxygens (including phenoxy) is 2. The molecule has 2 heterocycles. The summed E-state index contributed by atoms with van der Waals surface area (Å²) in [6.07, 6.45) is 2.02. The Balaban J connectivity index is 1.42. The van der Waals surface area contributed by atoms with Gasteiger partial charge in [0.2, 0.25) is 0 Å². The maximum Gasteiger partial charge on any atom is 0.326 e. The Morgan fingerprint density at radius 3 is 2.27 bits per heavy atom. The quantitative estimate of drug-likeness (QED) is 0.461. The van der Waals surface area contributed by atoms with Crippen LogP contribution in [0.25, 0.3) is 0 Å². The monoisotopic (exact) mass is 499 g/mol. The number of amides is 3. The molecule has 2 atom stereocenters. The van der Waals surface area contributed by atoms with E-state index in [1.54, 1.807) is 14.2 Å². The summed E-state index contributed by atoms with van der Waals surface area (Å²) >= 11 is 0. The van der Waals surface area contributed by atoms with Crippen LogP contribution < -0.4 is 14.8 Å². The highest BCUT2D eigenvalue weighted by atomic mass is 16.5. The lowest BCUT2D eigenvalue weighted by Crippen LogP contribution is -2.48. The minimum absolute atomic E-state index is 0.137. The third-order valence-electron chi connectivity index (χ3n) is 7.51. The molecule has 3 aromatic carbocycles. The summed E-state index contributed by atoms with van der Waals surface area (Å²) in [5.74, 6) is 1.18. The Bertz CT molecular complexity index is 1280. The van der Waals surface area contributed by atoms with Crippen molar-refractivity contribution in [2.75, 3.05) is 27.4 Å². The van der Waals surface area contributed by atoms with Gasteiger partial charge >= 0.3 is 6.03 Å². The summed E-state index contributed by atoms with van der Waals surface area (Å²) in [4.78, 5) is 30.2. The third kappa shape index (κ3) is 4.79. The maximum absolute atomic E-state index is 13.6. The van der Waals surface area contributed by atoms with E-state index in [1.807, 2.05) is 67.6 Å². The van der Waals surface area contributed by atoms with Crippen molar-refractivity contribution in [1.29, 1.82) is 0 Å². The van der Waals surface area contributed by atoms with Crippen LogP contribution in [-0.4, -0.2) is 54.7 Å². The number of imide groups is 1. The highest BCUT2D eigenvalue weighted by molar-refractivity contribution is 6.06. The molecule has 2 aliphatic rings. The molecule has 5 rings (SSSR count). The Hall–Kier alpha value is -3.84. The number of rotatable bonds is 8. The van der Waals surface area contributed by atoms with E-state index in [9.17, 15) is 9.59 Å². The van der Waals surface area contributed by atoms with Gasteiger partial charge in [-0.25, -0.2) is 9.69 Å². The minimum Gasteiger partial charge on any atom is -0.493 e. The van der Waals surface area contributed by atoms with Gasteiger partial charge in [0.15, 0.2) is 11.5 Å². The van der Waals surface area contributed by atoms with Crippen LogP contribution in [-0.2, 0) is 17.6 Å². The Morgan fingerprint density at radius 1 is 0.946 bits per heavy atom. The first kappa shape index (κ1) is 24.8. The van der Waals surface area contributed by atoms with Gasteiger partial charge in [0, 0.05) is 6.54 Å². The van der Waals surface area contributed by atoms with Gasteiger partial charge in [-0.2, -0.15) is 0 Å². The zero-order valence-corrected chi connectivity index (χ0v) is 21.6. The van der Waals surface area contributed by atoms with Crippen molar-refractivity contribution in [3.63, 3.8) is 0 Å². The van der Waals surface area contributed by atoms with Crippen molar-refractivity contribution in [2.45, 2.75) is 37.8 Å². The van der Waals surface area contributed by atoms with Crippen molar-refractivity contribution in [3.8, 4) is 11.5 Å². The molecule has 0 bridgehead atoms. The van der Waals surface area contributed by atoms with E-state index >= 15 is 0 Å². The molecule has 1 N–H and O–H groups in total. The number of nitrogens with zero attached hydrogens (tertiary/aromatic N) is 2. The fourth-order valence-electron chi connectivity index (χ4n) is 5.44. The lowest BCUT2D eigenvalue weighted by Gasteiger charge is -2.39. The number of benzene rings is 3. The lowest BCUT2D eigenvalue weighted by molar-refractivity contribution is -0.132. The summed E-state index contributed by atoms with van der Waals surface area (Å²) in [7, 11) is 3.27. The number of hydrogen-bond donors (Lipinski definition) is 1. The van der Waals surface area contributed by atoms with Crippen molar-refractivity contribution >= 4 is 11.9 Å². The molecule has 192 valence electrons. The van der Waals surface area contributed by atoms with Crippen molar-refractivity contribution in [3.05, 3.63) is 95.1 Å².